The van der Waals surface area contributed by atoms with Gasteiger partial charge in [-0.1, -0.05) is 0 Å². The molecule has 0 heterocycles. The Bertz CT molecular complexity index is 12.8. The second kappa shape index (κ2) is 38.4. The van der Waals surface area contributed by atoms with Crippen molar-refractivity contribution in [3.8, 4) is 0 Å². The van der Waals surface area contributed by atoms with E-state index in [1.54, 1.807) is 0 Å². The molecule has 3 heteroatoms. The van der Waals surface area contributed by atoms with Gasteiger partial charge in [0.15, 0.2) is 0 Å². The van der Waals surface area contributed by atoms with Crippen molar-refractivity contribution in [2.24, 2.45) is 0 Å². The van der Waals surface area contributed by atoms with Gasteiger partial charge in [-0.2, -0.15) is 0 Å². The fourth-order valence-electron chi connectivity index (χ4n) is 0. The van der Waals surface area contributed by atoms with E-state index in [2.05, 4.69) is 0 Å². The van der Waals surface area contributed by atoms with E-state index in [0.29, 0.717) is 0 Å². The third-order valence-corrected chi connectivity index (χ3v) is 0. The Morgan fingerprint density at radius 2 is 1.25 bits per heavy atom. The smallest absolute Gasteiger partial charge is 0 e. The van der Waals surface area contributed by atoms with Crippen molar-refractivity contribution in [3.63, 3.8) is 0 Å². The predicted octanol–water partition coefficient (Wildman–Crippen LogP) is -0.176. The third kappa shape index (κ3) is 12.5. The molecule has 0 aromatic heterocycles. The number of rotatable bonds is 0. The molecule has 0 aliphatic rings. The average molecular weight is 148 g/mol. The van der Waals surface area contributed by atoms with E-state index in [1.165, 1.54) is 0 Å². The molecule has 0 saturated heterocycles. The van der Waals surface area contributed by atoms with Crippen LogP contribution in [0.2, 0.25) is 0 Å². The van der Waals surface area contributed by atoms with Gasteiger partial charge in [0.1, 0.15) is 0 Å². The second-order valence-corrected chi connectivity index (χ2v) is 0. The van der Waals surface area contributed by atoms with Gasteiger partial charge in [-0.25, -0.2) is 0 Å². The molecule has 0 spiro atoms. The summed E-state index contributed by atoms with van der Waals surface area (Å²) in [5, 5.41) is 6.25. The Labute approximate surface area is 57.7 Å². The molecule has 0 atom stereocenters. The quantitative estimate of drug-likeness (QED) is 0.270. The summed E-state index contributed by atoms with van der Waals surface area (Å²) in [4.78, 5) is 0. The van der Waals surface area contributed by atoms with Crippen molar-refractivity contribution in [1.29, 1.82) is 5.26 Å². The first-order valence-corrected chi connectivity index (χ1v) is 0.224. The number of hydrogen-bond acceptors (Lipinski definition) is 2. The van der Waals surface area contributed by atoms with Crippen LogP contribution in [0.15, 0.2) is 0 Å². The van der Waals surface area contributed by atoms with Crippen LogP contribution in [0.3, 0.4) is 0 Å². The zero-order chi connectivity index (χ0) is 2.00. The largest absolute Gasteiger partial charge is 0.813 e. The molecular weight excluding hydrogens is 147 g/mol. The molecule has 0 aliphatic carbocycles. The van der Waals surface area contributed by atoms with Crippen LogP contribution in [-0.2, 0) is 46.2 Å². The van der Waals surface area contributed by atoms with E-state index in [4.69, 9.17) is 11.8 Å². The molecule has 1 nitrogen and oxygen atoms in total. The molecular formula is CHNSY-2. The van der Waals surface area contributed by atoms with E-state index >= 15 is 0 Å². The summed E-state index contributed by atoms with van der Waals surface area (Å²) in [6.45, 7) is 4.75. The molecule has 0 saturated carbocycles. The third-order valence-electron chi connectivity index (χ3n) is 0. The zero-order valence-electron chi connectivity index (χ0n) is 1.97. The minimum absolute atomic E-state index is 0. The minimum atomic E-state index is 0. The molecule has 1 radical (unpaired) electrons. The topological polar surface area (TPSA) is 23.8 Å². The number of nitrogens with zero attached hydrogens (tertiary/aromatic N) is 1. The molecule has 0 N–H and O–H groups in total. The molecule has 0 aromatic carbocycles. The second-order valence-electron chi connectivity index (χ2n) is 0. The Kier molecular flexibility index (Phi) is 195. The summed E-state index contributed by atoms with van der Waals surface area (Å²) in [7, 11) is 0. The summed E-state index contributed by atoms with van der Waals surface area (Å²) in [5.74, 6) is 0. The maximum atomic E-state index is 6.25. The fourth-order valence-corrected chi connectivity index (χ4v) is 0. The molecule has 0 amide bonds. The number of hydrogen-bond donors (Lipinski definition) is 0. The van der Waals surface area contributed by atoms with Gasteiger partial charge in [0.25, 0.3) is 0 Å². The molecule has 0 aromatic rings. The van der Waals surface area contributed by atoms with Crippen LogP contribution in [0.4, 0.5) is 0 Å². The first-order valence-electron chi connectivity index (χ1n) is 0.224. The van der Waals surface area contributed by atoms with Crippen LogP contribution in [0.1, 0.15) is 0 Å². The summed E-state index contributed by atoms with van der Waals surface area (Å²) >= 11 is 0. The summed E-state index contributed by atoms with van der Waals surface area (Å²) < 4.78 is 0. The van der Waals surface area contributed by atoms with Crippen molar-refractivity contribution < 1.29 is 32.7 Å². The van der Waals surface area contributed by atoms with Gasteiger partial charge >= 0.3 is 0 Å². The van der Waals surface area contributed by atoms with E-state index < -0.39 is 0 Å². The monoisotopic (exact) mass is 148 g/mol. The van der Waals surface area contributed by atoms with E-state index in [0.717, 1.165) is 0 Å². The summed E-state index contributed by atoms with van der Waals surface area (Å²) in [6.07, 6.45) is 0. The minimum Gasteiger partial charge on any atom is -0.813 e. The van der Waals surface area contributed by atoms with Crippen LogP contribution in [-0.4, -0.2) is 0 Å². The SMILES string of the molecule is [C-]#N.[SH-].[Y]. The zero-order valence-corrected chi connectivity index (χ0v) is 5.70. The maximum Gasteiger partial charge on any atom is 0 e. The van der Waals surface area contributed by atoms with Crippen molar-refractivity contribution in [1.82, 2.24) is 0 Å². The van der Waals surface area contributed by atoms with Crippen molar-refractivity contribution >= 4 is 13.5 Å². The summed E-state index contributed by atoms with van der Waals surface area (Å²) in [5.41, 5.74) is 0. The van der Waals surface area contributed by atoms with Gasteiger partial charge in [0.05, 0.1) is 0 Å². The number of thiol groups is 1. The van der Waals surface area contributed by atoms with E-state index in [-0.39, 0.29) is 46.2 Å². The van der Waals surface area contributed by atoms with E-state index in [9.17, 15) is 0 Å². The van der Waals surface area contributed by atoms with Crippen LogP contribution in [0, 0.1) is 11.8 Å². The molecule has 0 aliphatic heterocycles. The van der Waals surface area contributed by atoms with Crippen LogP contribution in [0.25, 0.3) is 0 Å². The van der Waals surface area contributed by atoms with Crippen LogP contribution < -0.4 is 0 Å². The molecule has 0 fully saturated rings. The van der Waals surface area contributed by atoms with Gasteiger partial charge in [0, 0.05) is 32.7 Å². The molecule has 4 heavy (non-hydrogen) atoms. The summed E-state index contributed by atoms with van der Waals surface area (Å²) in [6, 6.07) is 0. The molecule has 0 unspecified atom stereocenters. The predicted molar refractivity (Wildman–Crippen MR) is 13.7 cm³/mol. The van der Waals surface area contributed by atoms with Crippen LogP contribution >= 0.6 is 0 Å². The van der Waals surface area contributed by atoms with Gasteiger partial charge in [-0.3, -0.25) is 0 Å². The van der Waals surface area contributed by atoms with Gasteiger partial charge in [-0.05, 0) is 0 Å². The van der Waals surface area contributed by atoms with Crippen LogP contribution in [0.5, 0.6) is 0 Å². The first kappa shape index (κ1) is 20.4. The Morgan fingerprint density at radius 1 is 1.25 bits per heavy atom. The van der Waals surface area contributed by atoms with Gasteiger partial charge < -0.3 is 25.3 Å². The molecule has 0 rings (SSSR count). The first-order chi connectivity index (χ1) is 1.00. The van der Waals surface area contributed by atoms with Crippen molar-refractivity contribution in [3.05, 3.63) is 6.57 Å². The van der Waals surface area contributed by atoms with Gasteiger partial charge in [0.2, 0.25) is 0 Å². The fraction of sp³-hybridized carbons (Fsp3) is 0. The average Bonchev–Trinajstić information content (AvgIpc) is 1.00. The Morgan fingerprint density at radius 3 is 1.25 bits per heavy atom. The van der Waals surface area contributed by atoms with E-state index in [1.807, 2.05) is 0 Å². The standard InChI is InChI=1S/CN.H2S.Y/c1-2;;/h;1H2;/q-1;;/p-1. The van der Waals surface area contributed by atoms with Gasteiger partial charge in [-0.15, -0.1) is 0 Å². The van der Waals surface area contributed by atoms with Crippen molar-refractivity contribution in [2.75, 3.05) is 0 Å². The molecule has 21 valence electrons. The normalized spacial score (nSPS) is 0.500. The molecule has 0 bridgehead atoms. The van der Waals surface area contributed by atoms with Crippen molar-refractivity contribution in [2.45, 2.75) is 0 Å². The maximum absolute atomic E-state index is 6.25. The Balaban J connectivity index is -0.00000000500. The Hall–Kier alpha value is 0.944.